The first-order valence-electron chi connectivity index (χ1n) is 4.54. The van der Waals surface area contributed by atoms with Gasteiger partial charge in [0.05, 0.1) is 5.69 Å². The summed E-state index contributed by atoms with van der Waals surface area (Å²) in [6.07, 6.45) is 0.735. The van der Waals surface area contributed by atoms with Gasteiger partial charge in [0.15, 0.2) is 0 Å². The van der Waals surface area contributed by atoms with Gasteiger partial charge in [0.1, 0.15) is 5.82 Å². The quantitative estimate of drug-likeness (QED) is 0.830. The summed E-state index contributed by atoms with van der Waals surface area (Å²) in [6.45, 7) is 1.95. The van der Waals surface area contributed by atoms with E-state index in [1.807, 2.05) is 23.8 Å². The number of carbonyl (C=O) groups is 1. The van der Waals surface area contributed by atoms with E-state index >= 15 is 0 Å². The zero-order chi connectivity index (χ0) is 10.7. The summed E-state index contributed by atoms with van der Waals surface area (Å²) in [5.41, 5.74) is 0.771. The second kappa shape index (κ2) is 4.22. The number of anilines is 1. The largest absolute Gasteiger partial charge is 0.318 e. The second-order valence-corrected chi connectivity index (χ2v) is 3.71. The van der Waals surface area contributed by atoms with Crippen molar-refractivity contribution in [1.29, 1.82) is 0 Å². The van der Waals surface area contributed by atoms with Crippen LogP contribution >= 0.6 is 11.3 Å². The number of hydrogen-bond acceptors (Lipinski definition) is 4. The van der Waals surface area contributed by atoms with Crippen LogP contribution in [0, 0.1) is 0 Å². The first-order chi connectivity index (χ1) is 7.29. The van der Waals surface area contributed by atoms with Gasteiger partial charge in [-0.05, 0) is 11.4 Å². The Bertz CT molecular complexity index is 448. The predicted octanol–water partition coefficient (Wildman–Crippen LogP) is 1.68. The lowest BCUT2D eigenvalue weighted by Gasteiger charge is -1.96. The number of aromatic nitrogens is 3. The summed E-state index contributed by atoms with van der Waals surface area (Å²) in [7, 11) is 0. The molecule has 0 atom stereocenters. The molecule has 2 N–H and O–H groups in total. The van der Waals surface area contributed by atoms with Crippen LogP contribution in [0.5, 0.6) is 0 Å². The molecule has 78 valence electrons. The van der Waals surface area contributed by atoms with E-state index in [0.717, 1.165) is 12.1 Å². The van der Waals surface area contributed by atoms with Crippen LogP contribution in [0.4, 0.5) is 5.69 Å². The number of thiophene rings is 1. The Morgan fingerprint density at radius 2 is 2.53 bits per heavy atom. The molecule has 2 rings (SSSR count). The molecule has 0 saturated heterocycles. The van der Waals surface area contributed by atoms with Gasteiger partial charge in [0.2, 0.25) is 5.82 Å². The molecule has 0 saturated carbocycles. The van der Waals surface area contributed by atoms with E-state index in [0.29, 0.717) is 5.82 Å². The van der Waals surface area contributed by atoms with Crippen LogP contribution in [0.3, 0.4) is 0 Å². The molecule has 5 nitrogen and oxygen atoms in total. The van der Waals surface area contributed by atoms with Gasteiger partial charge < -0.3 is 5.32 Å². The third-order valence-corrected chi connectivity index (χ3v) is 2.53. The third-order valence-electron chi connectivity index (χ3n) is 1.85. The lowest BCUT2D eigenvalue weighted by atomic mass is 10.4. The zero-order valence-corrected chi connectivity index (χ0v) is 8.97. The summed E-state index contributed by atoms with van der Waals surface area (Å²) in [5, 5.41) is 13.0. The minimum Gasteiger partial charge on any atom is -0.318 e. The molecular weight excluding hydrogens is 212 g/mol. The number of amides is 1. The summed E-state index contributed by atoms with van der Waals surface area (Å²) < 4.78 is 0. The summed E-state index contributed by atoms with van der Waals surface area (Å²) in [5.74, 6) is 0.605. The number of H-pyrrole nitrogens is 1. The van der Waals surface area contributed by atoms with Crippen molar-refractivity contribution in [3.63, 3.8) is 0 Å². The van der Waals surface area contributed by atoms with Gasteiger partial charge >= 0.3 is 0 Å². The molecule has 0 bridgehead atoms. The Hall–Kier alpha value is -1.69. The fourth-order valence-corrected chi connectivity index (χ4v) is 1.67. The smallest absolute Gasteiger partial charge is 0.295 e. The van der Waals surface area contributed by atoms with Crippen molar-refractivity contribution in [2.24, 2.45) is 0 Å². The third kappa shape index (κ3) is 2.21. The summed E-state index contributed by atoms with van der Waals surface area (Å²) in [4.78, 5) is 15.6. The fourth-order valence-electron chi connectivity index (χ4n) is 1.08. The Labute approximate surface area is 90.6 Å². The van der Waals surface area contributed by atoms with Gasteiger partial charge in [0.25, 0.3) is 5.91 Å². The molecule has 6 heteroatoms. The SMILES string of the molecule is CCc1nc(C(=O)Nc2ccsc2)n[nH]1. The van der Waals surface area contributed by atoms with Crippen LogP contribution in [0.25, 0.3) is 0 Å². The van der Waals surface area contributed by atoms with Gasteiger partial charge in [-0.2, -0.15) is 11.3 Å². The Morgan fingerprint density at radius 3 is 3.13 bits per heavy atom. The Morgan fingerprint density at radius 1 is 1.67 bits per heavy atom. The highest BCUT2D eigenvalue weighted by Gasteiger charge is 2.11. The van der Waals surface area contributed by atoms with Crippen molar-refractivity contribution in [2.45, 2.75) is 13.3 Å². The number of rotatable bonds is 3. The predicted molar refractivity (Wildman–Crippen MR) is 58.0 cm³/mol. The summed E-state index contributed by atoms with van der Waals surface area (Å²) in [6, 6.07) is 1.83. The first-order valence-corrected chi connectivity index (χ1v) is 5.48. The molecule has 0 aliphatic heterocycles. The molecule has 1 amide bonds. The van der Waals surface area contributed by atoms with Gasteiger partial charge in [-0.25, -0.2) is 4.98 Å². The first kappa shape index (κ1) is 9.85. The molecular formula is C9H10N4OS. The molecule has 0 unspecified atom stereocenters. The molecule has 2 aromatic heterocycles. The highest BCUT2D eigenvalue weighted by Crippen LogP contribution is 2.12. The monoisotopic (exact) mass is 222 g/mol. The maximum Gasteiger partial charge on any atom is 0.295 e. The van der Waals surface area contributed by atoms with Gasteiger partial charge in [0, 0.05) is 11.8 Å². The van der Waals surface area contributed by atoms with E-state index < -0.39 is 0 Å². The number of nitrogens with one attached hydrogen (secondary N) is 2. The number of nitrogens with zero attached hydrogens (tertiary/aromatic N) is 2. The molecule has 15 heavy (non-hydrogen) atoms. The van der Waals surface area contributed by atoms with Gasteiger partial charge in [-0.1, -0.05) is 6.92 Å². The maximum atomic E-state index is 11.6. The number of aromatic amines is 1. The average Bonchev–Trinajstić information content (AvgIpc) is 2.86. The van der Waals surface area contributed by atoms with E-state index in [2.05, 4.69) is 20.5 Å². The number of aryl methyl sites for hydroxylation is 1. The molecule has 0 spiro atoms. The van der Waals surface area contributed by atoms with E-state index in [-0.39, 0.29) is 11.7 Å². The molecule has 0 aliphatic carbocycles. The zero-order valence-electron chi connectivity index (χ0n) is 8.15. The van der Waals surface area contributed by atoms with E-state index in [9.17, 15) is 4.79 Å². The Kier molecular flexibility index (Phi) is 2.77. The maximum absolute atomic E-state index is 11.6. The molecule has 2 aromatic rings. The summed E-state index contributed by atoms with van der Waals surface area (Å²) >= 11 is 1.52. The van der Waals surface area contributed by atoms with Crippen molar-refractivity contribution in [3.8, 4) is 0 Å². The highest BCUT2D eigenvalue weighted by molar-refractivity contribution is 7.08. The van der Waals surface area contributed by atoms with Crippen molar-refractivity contribution < 1.29 is 4.79 Å². The van der Waals surface area contributed by atoms with Crippen LogP contribution in [0.15, 0.2) is 16.8 Å². The van der Waals surface area contributed by atoms with Crippen LogP contribution in [-0.4, -0.2) is 21.1 Å². The fraction of sp³-hybridized carbons (Fsp3) is 0.222. The molecule has 0 fully saturated rings. The molecule has 0 aliphatic rings. The molecule has 2 heterocycles. The minimum absolute atomic E-state index is 0.179. The average molecular weight is 222 g/mol. The topological polar surface area (TPSA) is 70.7 Å². The van der Waals surface area contributed by atoms with Gasteiger partial charge in [-0.15, -0.1) is 5.10 Å². The van der Waals surface area contributed by atoms with Crippen molar-refractivity contribution in [3.05, 3.63) is 28.5 Å². The van der Waals surface area contributed by atoms with E-state index in [4.69, 9.17) is 0 Å². The molecule has 0 radical (unpaired) electrons. The second-order valence-electron chi connectivity index (χ2n) is 2.93. The van der Waals surface area contributed by atoms with Crippen molar-refractivity contribution in [2.75, 3.05) is 5.32 Å². The number of hydrogen-bond donors (Lipinski definition) is 2. The van der Waals surface area contributed by atoms with Crippen molar-refractivity contribution in [1.82, 2.24) is 15.2 Å². The highest BCUT2D eigenvalue weighted by atomic mass is 32.1. The van der Waals surface area contributed by atoms with Crippen LogP contribution < -0.4 is 5.32 Å². The lowest BCUT2D eigenvalue weighted by molar-refractivity contribution is 0.101. The lowest BCUT2D eigenvalue weighted by Crippen LogP contribution is -2.13. The normalized spacial score (nSPS) is 10.2. The van der Waals surface area contributed by atoms with Crippen LogP contribution in [0.1, 0.15) is 23.4 Å². The van der Waals surface area contributed by atoms with E-state index in [1.165, 1.54) is 11.3 Å². The number of carbonyl (C=O) groups excluding carboxylic acids is 1. The van der Waals surface area contributed by atoms with Crippen LogP contribution in [0.2, 0.25) is 0 Å². The Balaban J connectivity index is 2.08. The van der Waals surface area contributed by atoms with Gasteiger partial charge in [-0.3, -0.25) is 9.89 Å². The van der Waals surface area contributed by atoms with Crippen LogP contribution in [-0.2, 0) is 6.42 Å². The van der Waals surface area contributed by atoms with Crippen molar-refractivity contribution >= 4 is 22.9 Å². The standard InChI is InChI=1S/C9H10N4OS/c1-2-7-11-8(13-12-7)9(14)10-6-3-4-15-5-6/h3-5H,2H2,1H3,(H,10,14)(H,11,12,13). The minimum atomic E-state index is -0.288. The molecule has 0 aromatic carbocycles. The van der Waals surface area contributed by atoms with E-state index in [1.54, 1.807) is 0 Å².